The van der Waals surface area contributed by atoms with Crippen molar-refractivity contribution in [1.29, 1.82) is 0 Å². The van der Waals surface area contributed by atoms with Crippen molar-refractivity contribution in [2.45, 2.75) is 11.9 Å². The molecule has 0 aliphatic carbocycles. The number of hydrogen-bond donors (Lipinski definition) is 0. The molecular formula is C5H9BN2O2S. The molecule has 0 aliphatic rings. The van der Waals surface area contributed by atoms with E-state index >= 15 is 0 Å². The van der Waals surface area contributed by atoms with Crippen LogP contribution < -0.4 is 0 Å². The molecule has 0 bridgehead atoms. The van der Waals surface area contributed by atoms with E-state index in [1.54, 1.807) is 14.0 Å². The highest BCUT2D eigenvalue weighted by molar-refractivity contribution is 8.12. The molecule has 1 aromatic rings. The van der Waals surface area contributed by atoms with Crippen LogP contribution in [0.1, 0.15) is 5.56 Å². The first-order chi connectivity index (χ1) is 4.93. The van der Waals surface area contributed by atoms with Gasteiger partial charge in [-0.15, -0.1) is 0 Å². The average Bonchev–Trinajstić information content (AvgIpc) is 2.08. The zero-order valence-electron chi connectivity index (χ0n) is 6.70. The van der Waals surface area contributed by atoms with Crippen LogP contribution in [0, 0.1) is 6.92 Å². The molecule has 0 N–H and O–H groups in total. The van der Waals surface area contributed by atoms with Crippen LogP contribution in [-0.2, 0) is 16.7 Å². The fourth-order valence-corrected chi connectivity index (χ4v) is 2.23. The molecule has 0 unspecified atom stereocenters. The average molecular weight is 172 g/mol. The Hall–Kier alpha value is -0.775. The van der Waals surface area contributed by atoms with Crippen LogP contribution in [0.2, 0.25) is 0 Å². The van der Waals surface area contributed by atoms with Gasteiger partial charge in [-0.3, -0.25) is 4.68 Å². The molecule has 11 heavy (non-hydrogen) atoms. The van der Waals surface area contributed by atoms with Crippen molar-refractivity contribution >= 4 is 16.8 Å². The number of rotatable bonds is 1. The van der Waals surface area contributed by atoms with Gasteiger partial charge < -0.3 is 0 Å². The molecule has 0 fully saturated rings. The molecule has 1 rings (SSSR count). The summed E-state index contributed by atoms with van der Waals surface area (Å²) in [5.41, 5.74) is 0.690. The minimum absolute atomic E-state index is 0.289. The van der Waals surface area contributed by atoms with Gasteiger partial charge in [-0.2, -0.15) is 5.10 Å². The Morgan fingerprint density at radius 1 is 1.64 bits per heavy atom. The summed E-state index contributed by atoms with van der Waals surface area (Å²) >= 11 is 0. The Labute approximate surface area is 66.4 Å². The summed E-state index contributed by atoms with van der Waals surface area (Å²) in [5.74, 6) is 0. The van der Waals surface area contributed by atoms with E-state index < -0.39 is 9.69 Å². The van der Waals surface area contributed by atoms with Gasteiger partial charge in [-0.05, 0) is 6.92 Å². The zero-order chi connectivity index (χ0) is 8.65. The fourth-order valence-electron chi connectivity index (χ4n) is 1.07. The van der Waals surface area contributed by atoms with Crippen LogP contribution in [0.5, 0.6) is 0 Å². The van der Waals surface area contributed by atoms with Crippen LogP contribution in [0.3, 0.4) is 0 Å². The van der Waals surface area contributed by atoms with Gasteiger partial charge in [0.1, 0.15) is 14.7 Å². The Balaban J connectivity index is 3.45. The summed E-state index contributed by atoms with van der Waals surface area (Å²) in [4.78, 5) is 0. The van der Waals surface area contributed by atoms with E-state index in [9.17, 15) is 8.42 Å². The maximum Gasteiger partial charge on any atom is 0.264 e. The van der Waals surface area contributed by atoms with Crippen LogP contribution in [-0.4, -0.2) is 25.3 Å². The molecule has 1 heterocycles. The van der Waals surface area contributed by atoms with Gasteiger partial charge in [0.25, 0.3) is 7.12 Å². The van der Waals surface area contributed by atoms with Crippen molar-refractivity contribution in [3.63, 3.8) is 0 Å². The zero-order valence-corrected chi connectivity index (χ0v) is 7.51. The fraction of sp³-hybridized carbons (Fsp3) is 0.400. The molecule has 0 atom stereocenters. The van der Waals surface area contributed by atoms with Crippen molar-refractivity contribution in [3.8, 4) is 0 Å². The number of hydrogen-bond acceptors (Lipinski definition) is 3. The van der Waals surface area contributed by atoms with Crippen LogP contribution in [0.15, 0.2) is 11.2 Å². The lowest BCUT2D eigenvalue weighted by molar-refractivity contribution is 0.589. The van der Waals surface area contributed by atoms with E-state index in [1.807, 2.05) is 0 Å². The first-order valence-corrected chi connectivity index (χ1v) is 5.00. The normalized spacial score (nSPS) is 11.8. The van der Waals surface area contributed by atoms with Crippen molar-refractivity contribution in [2.75, 3.05) is 0 Å². The third kappa shape index (κ3) is 1.45. The van der Waals surface area contributed by atoms with Crippen LogP contribution >= 0.6 is 0 Å². The molecule has 1 aromatic heterocycles. The summed E-state index contributed by atoms with van der Waals surface area (Å²) in [6.07, 6.45) is 1.54. The summed E-state index contributed by atoms with van der Waals surface area (Å²) < 4.78 is 23.5. The first-order valence-electron chi connectivity index (χ1n) is 3.11. The molecule has 4 nitrogen and oxygen atoms in total. The quantitative estimate of drug-likeness (QED) is 0.513. The second-order valence-corrected chi connectivity index (χ2v) is 4.46. The summed E-state index contributed by atoms with van der Waals surface area (Å²) in [5, 5.41) is 4.11. The monoisotopic (exact) mass is 172 g/mol. The van der Waals surface area contributed by atoms with Gasteiger partial charge >= 0.3 is 0 Å². The van der Waals surface area contributed by atoms with Gasteiger partial charge in [0.05, 0.1) is 6.20 Å². The largest absolute Gasteiger partial charge is 0.264 e. The maximum atomic E-state index is 11.1. The van der Waals surface area contributed by atoms with Crippen LogP contribution in [0.25, 0.3) is 0 Å². The Bertz CT molecular complexity index is 348. The van der Waals surface area contributed by atoms with Crippen molar-refractivity contribution in [2.24, 2.45) is 7.05 Å². The lowest BCUT2D eigenvalue weighted by Crippen LogP contribution is -2.07. The Morgan fingerprint density at radius 3 is 2.36 bits per heavy atom. The molecule has 0 saturated carbocycles. The predicted octanol–water partition coefficient (Wildman–Crippen LogP) is -0.950. The number of aromatic nitrogens is 2. The predicted molar refractivity (Wildman–Crippen MR) is 43.7 cm³/mol. The molecule has 0 radical (unpaired) electrons. The molecule has 60 valence electrons. The maximum absolute atomic E-state index is 11.1. The van der Waals surface area contributed by atoms with Gasteiger partial charge in [0, 0.05) is 12.6 Å². The van der Waals surface area contributed by atoms with Crippen LogP contribution in [0.4, 0.5) is 0 Å². The number of aryl methyl sites for hydroxylation is 2. The first kappa shape index (κ1) is 8.32. The second-order valence-electron chi connectivity index (χ2n) is 2.53. The topological polar surface area (TPSA) is 52.0 Å². The standard InChI is InChI=1S/C5H9BN2O2S/c1-4-3-7-8(2)5(4)11(6,9)10/h3H,6H2,1-2H3. The highest BCUT2D eigenvalue weighted by Crippen LogP contribution is 2.11. The minimum Gasteiger partial charge on any atom is -0.258 e. The molecule has 6 heteroatoms. The number of nitrogens with zero attached hydrogens (tertiary/aromatic N) is 2. The molecule has 0 aromatic carbocycles. The van der Waals surface area contributed by atoms with E-state index in [2.05, 4.69) is 5.10 Å². The molecule has 0 amide bonds. The Kier molecular flexibility index (Phi) is 1.79. The Morgan fingerprint density at radius 2 is 2.18 bits per heavy atom. The van der Waals surface area contributed by atoms with Gasteiger partial charge in [-0.1, -0.05) is 0 Å². The van der Waals surface area contributed by atoms with Gasteiger partial charge in [0.2, 0.25) is 0 Å². The SMILES string of the molecule is BS(=O)(=O)c1c(C)cnn1C. The molecule has 0 saturated heterocycles. The third-order valence-corrected chi connectivity index (χ3v) is 2.70. The highest BCUT2D eigenvalue weighted by atomic mass is 32.2. The van der Waals surface area contributed by atoms with E-state index in [0.29, 0.717) is 5.56 Å². The van der Waals surface area contributed by atoms with Crippen molar-refractivity contribution in [3.05, 3.63) is 11.8 Å². The van der Waals surface area contributed by atoms with E-state index in [4.69, 9.17) is 0 Å². The van der Waals surface area contributed by atoms with Gasteiger partial charge in [0.15, 0.2) is 0 Å². The highest BCUT2D eigenvalue weighted by Gasteiger charge is 2.14. The smallest absolute Gasteiger partial charge is 0.258 e. The van der Waals surface area contributed by atoms with Crippen molar-refractivity contribution < 1.29 is 8.42 Å². The molecule has 0 spiro atoms. The summed E-state index contributed by atoms with van der Waals surface area (Å²) in [6.45, 7) is 1.73. The summed E-state index contributed by atoms with van der Waals surface area (Å²) in [6, 6.07) is 0. The minimum atomic E-state index is -3.12. The molecular weight excluding hydrogens is 163 g/mol. The van der Waals surface area contributed by atoms with Gasteiger partial charge in [-0.25, -0.2) is 8.42 Å². The molecule has 0 aliphatic heterocycles. The van der Waals surface area contributed by atoms with E-state index in [1.165, 1.54) is 18.0 Å². The third-order valence-electron chi connectivity index (χ3n) is 1.41. The van der Waals surface area contributed by atoms with E-state index in [0.717, 1.165) is 0 Å². The summed E-state index contributed by atoms with van der Waals surface area (Å²) in [7, 11) is -0.328. The van der Waals surface area contributed by atoms with Crippen molar-refractivity contribution in [1.82, 2.24) is 9.78 Å². The lowest BCUT2D eigenvalue weighted by Gasteiger charge is -1.99. The second kappa shape index (κ2) is 2.37. The lowest BCUT2D eigenvalue weighted by atomic mass is 10.4. The van der Waals surface area contributed by atoms with E-state index in [-0.39, 0.29) is 5.03 Å².